The maximum absolute atomic E-state index is 7.40. The van der Waals surface area contributed by atoms with Gasteiger partial charge in [-0.25, -0.2) is 0 Å². The van der Waals surface area contributed by atoms with E-state index in [1.165, 1.54) is 28.5 Å². The normalized spacial score (nSPS) is 10.3. The van der Waals surface area contributed by atoms with Gasteiger partial charge in [-0.05, 0) is 60.2 Å². The maximum atomic E-state index is 7.40. The van der Waals surface area contributed by atoms with Crippen LogP contribution in [-0.4, -0.2) is 6.21 Å². The molecule has 0 aliphatic carbocycles. The van der Waals surface area contributed by atoms with Gasteiger partial charge in [0.2, 0.25) is 0 Å². The molecule has 0 bridgehead atoms. The number of benzene rings is 2. The van der Waals surface area contributed by atoms with Gasteiger partial charge in [0, 0.05) is 6.21 Å². The molecule has 0 atom stereocenters. The van der Waals surface area contributed by atoms with Crippen LogP contribution in [0, 0.1) is 26.2 Å². The van der Waals surface area contributed by atoms with E-state index in [2.05, 4.69) is 50.2 Å². The van der Waals surface area contributed by atoms with Gasteiger partial charge < -0.3 is 5.41 Å². The highest BCUT2D eigenvalue weighted by Crippen LogP contribution is 2.24. The molecule has 0 aliphatic heterocycles. The summed E-state index contributed by atoms with van der Waals surface area (Å²) in [5, 5.41) is 7.40. The van der Waals surface area contributed by atoms with E-state index in [0.29, 0.717) is 0 Å². The van der Waals surface area contributed by atoms with Gasteiger partial charge in [-0.3, -0.25) is 0 Å². The number of nitrogens with one attached hydrogen (secondary N) is 1. The Labute approximate surface area is 103 Å². The molecule has 0 saturated carbocycles. The van der Waals surface area contributed by atoms with E-state index in [1.807, 2.05) is 6.92 Å². The molecule has 0 heterocycles. The molecule has 0 amide bonds. The van der Waals surface area contributed by atoms with Crippen molar-refractivity contribution in [2.75, 3.05) is 0 Å². The van der Waals surface area contributed by atoms with Crippen LogP contribution < -0.4 is 0 Å². The first kappa shape index (κ1) is 11.6. The van der Waals surface area contributed by atoms with E-state index in [0.717, 1.165) is 11.1 Å². The highest BCUT2D eigenvalue weighted by Gasteiger charge is 2.02. The first-order valence-electron chi connectivity index (χ1n) is 5.80. The zero-order valence-corrected chi connectivity index (χ0v) is 10.5. The highest BCUT2D eigenvalue weighted by atomic mass is 14.3. The molecule has 0 aromatic heterocycles. The van der Waals surface area contributed by atoms with E-state index >= 15 is 0 Å². The molecule has 1 heteroatoms. The summed E-state index contributed by atoms with van der Waals surface area (Å²) >= 11 is 0. The fraction of sp³-hybridized carbons (Fsp3) is 0.188. The Morgan fingerprint density at radius 1 is 0.765 bits per heavy atom. The summed E-state index contributed by atoms with van der Waals surface area (Å²) in [7, 11) is 0. The Balaban J connectivity index is 2.52. The monoisotopic (exact) mass is 223 g/mol. The topological polar surface area (TPSA) is 23.9 Å². The van der Waals surface area contributed by atoms with Gasteiger partial charge in [0.1, 0.15) is 0 Å². The zero-order chi connectivity index (χ0) is 12.4. The molecule has 0 unspecified atom stereocenters. The van der Waals surface area contributed by atoms with Gasteiger partial charge in [-0.15, -0.1) is 0 Å². The molecular formula is C16H17N. The van der Waals surface area contributed by atoms with Crippen molar-refractivity contribution in [3.63, 3.8) is 0 Å². The third-order valence-electron chi connectivity index (χ3n) is 3.27. The Hall–Kier alpha value is -1.89. The van der Waals surface area contributed by atoms with Crippen LogP contribution in [0.4, 0.5) is 0 Å². The van der Waals surface area contributed by atoms with Crippen LogP contribution in [0.25, 0.3) is 11.1 Å². The van der Waals surface area contributed by atoms with Gasteiger partial charge >= 0.3 is 0 Å². The Morgan fingerprint density at radius 3 is 1.94 bits per heavy atom. The van der Waals surface area contributed by atoms with Crippen molar-refractivity contribution in [1.29, 1.82) is 5.41 Å². The van der Waals surface area contributed by atoms with E-state index in [4.69, 9.17) is 5.41 Å². The van der Waals surface area contributed by atoms with E-state index < -0.39 is 0 Å². The minimum Gasteiger partial charge on any atom is -0.308 e. The SMILES string of the molecule is Cc1ccc(-c2ccc(C)c(C=N)c2)cc1C. The van der Waals surface area contributed by atoms with Crippen molar-refractivity contribution in [2.45, 2.75) is 20.8 Å². The second-order valence-electron chi connectivity index (χ2n) is 4.51. The Morgan fingerprint density at radius 2 is 1.35 bits per heavy atom. The number of rotatable bonds is 2. The second kappa shape index (κ2) is 4.54. The lowest BCUT2D eigenvalue weighted by Crippen LogP contribution is -1.89. The van der Waals surface area contributed by atoms with Gasteiger partial charge in [0.15, 0.2) is 0 Å². The molecule has 2 rings (SSSR count). The number of hydrogen-bond donors (Lipinski definition) is 1. The van der Waals surface area contributed by atoms with E-state index in [1.54, 1.807) is 0 Å². The molecule has 0 saturated heterocycles. The van der Waals surface area contributed by atoms with E-state index in [-0.39, 0.29) is 0 Å². The predicted molar refractivity (Wildman–Crippen MR) is 74.0 cm³/mol. The summed E-state index contributed by atoms with van der Waals surface area (Å²) in [4.78, 5) is 0. The zero-order valence-electron chi connectivity index (χ0n) is 10.5. The third kappa shape index (κ3) is 2.28. The molecule has 0 spiro atoms. The molecule has 1 N–H and O–H groups in total. The second-order valence-corrected chi connectivity index (χ2v) is 4.51. The third-order valence-corrected chi connectivity index (χ3v) is 3.27. The van der Waals surface area contributed by atoms with Crippen molar-refractivity contribution < 1.29 is 0 Å². The van der Waals surface area contributed by atoms with Crippen LogP contribution in [0.15, 0.2) is 36.4 Å². The largest absolute Gasteiger partial charge is 0.308 e. The molecular weight excluding hydrogens is 206 g/mol. The smallest absolute Gasteiger partial charge is 0.0253 e. The lowest BCUT2D eigenvalue weighted by atomic mass is 9.97. The van der Waals surface area contributed by atoms with Crippen LogP contribution in [0.2, 0.25) is 0 Å². The molecule has 86 valence electrons. The van der Waals surface area contributed by atoms with Crippen LogP contribution in [-0.2, 0) is 0 Å². The van der Waals surface area contributed by atoms with Crippen molar-refractivity contribution in [3.05, 3.63) is 58.7 Å². The quantitative estimate of drug-likeness (QED) is 0.735. The molecule has 1 nitrogen and oxygen atoms in total. The van der Waals surface area contributed by atoms with Gasteiger partial charge in [-0.2, -0.15) is 0 Å². The predicted octanol–water partition coefficient (Wildman–Crippen LogP) is 4.28. The van der Waals surface area contributed by atoms with Crippen molar-refractivity contribution in [2.24, 2.45) is 0 Å². The average Bonchev–Trinajstić information content (AvgIpc) is 2.33. The van der Waals surface area contributed by atoms with Crippen LogP contribution in [0.1, 0.15) is 22.3 Å². The molecule has 0 fully saturated rings. The van der Waals surface area contributed by atoms with Crippen molar-refractivity contribution in [1.82, 2.24) is 0 Å². The lowest BCUT2D eigenvalue weighted by Gasteiger charge is -2.08. The Kier molecular flexibility index (Phi) is 3.10. The summed E-state index contributed by atoms with van der Waals surface area (Å²) < 4.78 is 0. The molecule has 2 aromatic carbocycles. The molecule has 17 heavy (non-hydrogen) atoms. The Bertz CT molecular complexity index is 568. The van der Waals surface area contributed by atoms with Crippen molar-refractivity contribution >= 4 is 6.21 Å². The minimum absolute atomic E-state index is 0.987. The summed E-state index contributed by atoms with van der Waals surface area (Å²) in [6, 6.07) is 12.8. The van der Waals surface area contributed by atoms with Gasteiger partial charge in [0.25, 0.3) is 0 Å². The number of hydrogen-bond acceptors (Lipinski definition) is 1. The fourth-order valence-corrected chi connectivity index (χ4v) is 1.90. The van der Waals surface area contributed by atoms with E-state index in [9.17, 15) is 0 Å². The fourth-order valence-electron chi connectivity index (χ4n) is 1.90. The summed E-state index contributed by atoms with van der Waals surface area (Å²) in [5.41, 5.74) is 7.15. The molecule has 2 aromatic rings. The van der Waals surface area contributed by atoms with Crippen molar-refractivity contribution in [3.8, 4) is 11.1 Å². The number of aryl methyl sites for hydroxylation is 3. The standard InChI is InChI=1S/C16H17N/c1-11-4-6-14(8-13(11)3)15-7-5-12(2)16(9-15)10-17/h4-10,17H,1-3H3. The van der Waals surface area contributed by atoms with Crippen LogP contribution in [0.3, 0.4) is 0 Å². The lowest BCUT2D eigenvalue weighted by molar-refractivity contribution is 1.34. The first-order chi connectivity index (χ1) is 8.11. The maximum Gasteiger partial charge on any atom is 0.0253 e. The summed E-state index contributed by atoms with van der Waals surface area (Å²) in [6.07, 6.45) is 1.42. The molecule has 0 aliphatic rings. The molecule has 0 radical (unpaired) electrons. The summed E-state index contributed by atoms with van der Waals surface area (Å²) in [5.74, 6) is 0. The minimum atomic E-state index is 0.987. The summed E-state index contributed by atoms with van der Waals surface area (Å²) in [6.45, 7) is 6.28. The first-order valence-corrected chi connectivity index (χ1v) is 5.80. The van der Waals surface area contributed by atoms with Gasteiger partial charge in [0.05, 0.1) is 0 Å². The van der Waals surface area contributed by atoms with Gasteiger partial charge in [-0.1, -0.05) is 30.3 Å². The average molecular weight is 223 g/mol. The highest BCUT2D eigenvalue weighted by molar-refractivity contribution is 5.82. The van der Waals surface area contributed by atoms with Crippen LogP contribution in [0.5, 0.6) is 0 Å². The van der Waals surface area contributed by atoms with Crippen LogP contribution >= 0.6 is 0 Å².